The Morgan fingerprint density at radius 3 is 2.56 bits per heavy atom. The fourth-order valence-electron chi connectivity index (χ4n) is 2.45. The third kappa shape index (κ3) is 1.67. The van der Waals surface area contributed by atoms with Crippen LogP contribution in [0, 0.1) is 0 Å². The van der Waals surface area contributed by atoms with Gasteiger partial charge in [-0.25, -0.2) is 0 Å². The van der Waals surface area contributed by atoms with Crippen LogP contribution in [0.5, 0.6) is 0 Å². The summed E-state index contributed by atoms with van der Waals surface area (Å²) in [5.74, 6) is 0. The number of hydrazine groups is 1. The molecule has 3 nitrogen and oxygen atoms in total. The first kappa shape index (κ1) is 10.3. The molecule has 1 radical (unpaired) electrons. The molecule has 1 saturated carbocycles. The number of rotatable bonds is 1. The van der Waals surface area contributed by atoms with Crippen molar-refractivity contribution in [1.82, 2.24) is 5.43 Å². The molecule has 0 aromatic heterocycles. The van der Waals surface area contributed by atoms with Gasteiger partial charge < -0.3 is 0 Å². The average molecular weight is 279 g/mol. The average Bonchev–Trinajstić information content (AvgIpc) is 2.88. The van der Waals surface area contributed by atoms with Crippen molar-refractivity contribution in [3.05, 3.63) is 30.3 Å². The zero-order valence-corrected chi connectivity index (χ0v) is 10.7. The first-order valence-electron chi connectivity index (χ1n) is 5.69. The second kappa shape index (κ2) is 3.88. The Morgan fingerprint density at radius 2 is 1.88 bits per heavy atom. The summed E-state index contributed by atoms with van der Waals surface area (Å²) in [6.45, 7) is 0. The maximum absolute atomic E-state index is 4.75. The zero-order valence-electron chi connectivity index (χ0n) is 9.02. The van der Waals surface area contributed by atoms with Crippen molar-refractivity contribution < 1.29 is 0 Å². The SMILES string of the molecule is [Se]C1=NC2(CCCC2)NN1c1ccccc1. The molecular weight excluding hydrogens is 265 g/mol. The third-order valence-corrected chi connectivity index (χ3v) is 3.84. The molecule has 4 heteroatoms. The monoisotopic (exact) mass is 280 g/mol. The minimum absolute atomic E-state index is 0.0313. The van der Waals surface area contributed by atoms with Crippen LogP contribution in [0.25, 0.3) is 0 Å². The first-order chi connectivity index (χ1) is 7.79. The number of benzene rings is 1. The van der Waals surface area contributed by atoms with E-state index in [9.17, 15) is 0 Å². The third-order valence-electron chi connectivity index (χ3n) is 3.27. The van der Waals surface area contributed by atoms with Crippen LogP contribution in [0.3, 0.4) is 0 Å². The molecule has 0 bridgehead atoms. The van der Waals surface area contributed by atoms with Crippen molar-refractivity contribution >= 4 is 26.4 Å². The number of nitrogens with one attached hydrogen (secondary N) is 1. The second-order valence-electron chi connectivity index (χ2n) is 4.42. The van der Waals surface area contributed by atoms with Crippen molar-refractivity contribution in [2.45, 2.75) is 31.3 Å². The molecule has 0 atom stereocenters. The molecule has 1 spiro atoms. The van der Waals surface area contributed by atoms with Gasteiger partial charge in [0.15, 0.2) is 0 Å². The Hall–Kier alpha value is -0.831. The number of amidine groups is 1. The topological polar surface area (TPSA) is 27.6 Å². The van der Waals surface area contributed by atoms with E-state index < -0.39 is 0 Å². The van der Waals surface area contributed by atoms with E-state index in [1.54, 1.807) is 0 Å². The molecule has 1 fully saturated rings. The van der Waals surface area contributed by atoms with Gasteiger partial charge in [-0.1, -0.05) is 0 Å². The normalized spacial score (nSPS) is 22.8. The van der Waals surface area contributed by atoms with E-state index >= 15 is 0 Å². The predicted molar refractivity (Wildman–Crippen MR) is 66.4 cm³/mol. The number of para-hydroxylation sites is 1. The number of hydrogen-bond acceptors (Lipinski definition) is 3. The number of hydrogen-bond donors (Lipinski definition) is 1. The van der Waals surface area contributed by atoms with Gasteiger partial charge in [-0.05, 0) is 0 Å². The second-order valence-corrected chi connectivity index (χ2v) is 5.18. The van der Waals surface area contributed by atoms with Gasteiger partial charge in [-0.15, -0.1) is 0 Å². The molecule has 83 valence electrons. The van der Waals surface area contributed by atoms with Crippen LogP contribution in [-0.2, 0) is 0 Å². The van der Waals surface area contributed by atoms with Crippen LogP contribution in [0.2, 0.25) is 0 Å². The van der Waals surface area contributed by atoms with Crippen molar-refractivity contribution in [2.24, 2.45) is 4.99 Å². The minimum atomic E-state index is -0.0313. The van der Waals surface area contributed by atoms with Crippen molar-refractivity contribution in [1.29, 1.82) is 0 Å². The number of nitrogens with zero attached hydrogens (tertiary/aromatic N) is 2. The summed E-state index contributed by atoms with van der Waals surface area (Å²) >= 11 is 3.05. The number of aliphatic imine (C=N–C) groups is 1. The molecule has 0 saturated heterocycles. The van der Waals surface area contributed by atoms with Gasteiger partial charge in [0.05, 0.1) is 0 Å². The van der Waals surface area contributed by atoms with Crippen molar-refractivity contribution in [2.75, 3.05) is 5.01 Å². The molecule has 2 aliphatic rings. The standard InChI is InChI=1S/C12H14N3Se/c16-11-13-12(8-4-5-9-12)14-15(11)10-6-2-1-3-7-10/h1-3,6-7,14H,4-5,8-9H2. The van der Waals surface area contributed by atoms with E-state index in [0.717, 1.165) is 23.3 Å². The van der Waals surface area contributed by atoms with Crippen LogP contribution >= 0.6 is 0 Å². The van der Waals surface area contributed by atoms with Crippen molar-refractivity contribution in [3.63, 3.8) is 0 Å². The zero-order chi connectivity index (χ0) is 11.0. The van der Waals surface area contributed by atoms with Crippen LogP contribution in [0.4, 0.5) is 5.69 Å². The van der Waals surface area contributed by atoms with E-state index in [1.807, 2.05) is 18.2 Å². The molecule has 16 heavy (non-hydrogen) atoms. The Morgan fingerprint density at radius 1 is 1.19 bits per heavy atom. The molecule has 3 rings (SSSR count). The molecule has 1 aromatic carbocycles. The Balaban J connectivity index is 1.88. The predicted octanol–water partition coefficient (Wildman–Crippen LogP) is 1.81. The molecular formula is C12H14N3Se. The van der Waals surface area contributed by atoms with E-state index in [0.29, 0.717) is 0 Å². The van der Waals surface area contributed by atoms with E-state index in [4.69, 9.17) is 4.99 Å². The van der Waals surface area contributed by atoms with Gasteiger partial charge in [-0.3, -0.25) is 0 Å². The molecule has 0 amide bonds. The van der Waals surface area contributed by atoms with E-state index in [1.165, 1.54) is 12.8 Å². The van der Waals surface area contributed by atoms with Gasteiger partial charge in [0.1, 0.15) is 0 Å². The summed E-state index contributed by atoms with van der Waals surface area (Å²) in [7, 11) is 0. The van der Waals surface area contributed by atoms with Crippen molar-refractivity contribution in [3.8, 4) is 0 Å². The molecule has 0 unspecified atom stereocenters. The van der Waals surface area contributed by atoms with Crippen LogP contribution in [-0.4, -0.2) is 26.4 Å². The summed E-state index contributed by atoms with van der Waals surface area (Å²) in [4.78, 5) is 4.75. The van der Waals surface area contributed by atoms with Crippen LogP contribution in [0.15, 0.2) is 35.3 Å². The maximum atomic E-state index is 4.75. The summed E-state index contributed by atoms with van der Waals surface area (Å²) in [6, 6.07) is 10.3. The molecule has 1 aliphatic heterocycles. The molecule has 1 heterocycles. The fraction of sp³-hybridized carbons (Fsp3) is 0.417. The van der Waals surface area contributed by atoms with Gasteiger partial charge in [0.2, 0.25) is 0 Å². The van der Waals surface area contributed by atoms with Crippen LogP contribution < -0.4 is 10.4 Å². The Kier molecular flexibility index (Phi) is 2.50. The quantitative estimate of drug-likeness (QED) is 0.794. The molecule has 1 aromatic rings. The molecule has 1 N–H and O–H groups in total. The van der Waals surface area contributed by atoms with Crippen LogP contribution in [0.1, 0.15) is 25.7 Å². The summed E-state index contributed by atoms with van der Waals surface area (Å²) in [6.07, 6.45) is 4.82. The summed E-state index contributed by atoms with van der Waals surface area (Å²) in [5.41, 5.74) is 4.64. The van der Waals surface area contributed by atoms with Gasteiger partial charge in [0.25, 0.3) is 0 Å². The summed E-state index contributed by atoms with van der Waals surface area (Å²) in [5, 5.41) is 2.06. The molecule has 1 aliphatic carbocycles. The van der Waals surface area contributed by atoms with Gasteiger partial charge >= 0.3 is 104 Å². The summed E-state index contributed by atoms with van der Waals surface area (Å²) < 4.78 is 0.952. The Labute approximate surface area is 104 Å². The van der Waals surface area contributed by atoms with Gasteiger partial charge in [0, 0.05) is 0 Å². The first-order valence-corrected chi connectivity index (χ1v) is 6.55. The van der Waals surface area contributed by atoms with Gasteiger partial charge in [-0.2, -0.15) is 0 Å². The number of anilines is 1. The Bertz CT molecular complexity index is 410. The fourth-order valence-corrected chi connectivity index (χ4v) is 3.13. The van der Waals surface area contributed by atoms with E-state index in [-0.39, 0.29) is 5.66 Å². The van der Waals surface area contributed by atoms with E-state index in [2.05, 4.69) is 38.6 Å².